The number of nitrogens with zero attached hydrogens (tertiary/aromatic N) is 3. The second-order valence-electron chi connectivity index (χ2n) is 5.29. The lowest BCUT2D eigenvalue weighted by Gasteiger charge is -2.10. The Balaban J connectivity index is 1.80. The first-order chi connectivity index (χ1) is 11.1. The molecule has 0 unspecified atom stereocenters. The maximum Gasteiger partial charge on any atom is 0.191 e. The third kappa shape index (κ3) is 5.91. The molecule has 23 heavy (non-hydrogen) atoms. The van der Waals surface area contributed by atoms with Crippen LogP contribution in [0.1, 0.15) is 33.2 Å². The molecule has 0 fully saturated rings. The number of hydrogen-bond donors (Lipinski definition) is 2. The Morgan fingerprint density at radius 2 is 1.96 bits per heavy atom. The van der Waals surface area contributed by atoms with Crippen LogP contribution in [0.2, 0.25) is 0 Å². The Kier molecular flexibility index (Phi) is 6.98. The van der Waals surface area contributed by atoms with Crippen molar-refractivity contribution < 1.29 is 0 Å². The van der Waals surface area contributed by atoms with Gasteiger partial charge in [0.2, 0.25) is 0 Å². The van der Waals surface area contributed by atoms with Crippen LogP contribution in [0.4, 0.5) is 0 Å². The highest BCUT2D eigenvalue weighted by molar-refractivity contribution is 7.11. The van der Waals surface area contributed by atoms with Crippen LogP contribution in [-0.4, -0.2) is 35.6 Å². The molecule has 0 aliphatic carbocycles. The quantitative estimate of drug-likeness (QED) is 0.595. The van der Waals surface area contributed by atoms with E-state index >= 15 is 0 Å². The van der Waals surface area contributed by atoms with Crippen LogP contribution >= 0.6 is 22.7 Å². The van der Waals surface area contributed by atoms with Crippen molar-refractivity contribution >= 4 is 28.6 Å². The van der Waals surface area contributed by atoms with Crippen LogP contribution in [0, 0.1) is 20.8 Å². The highest BCUT2D eigenvalue weighted by Crippen LogP contribution is 2.17. The van der Waals surface area contributed by atoms with Gasteiger partial charge >= 0.3 is 0 Å². The molecule has 7 heteroatoms. The van der Waals surface area contributed by atoms with Crippen molar-refractivity contribution in [3.63, 3.8) is 0 Å². The summed E-state index contributed by atoms with van der Waals surface area (Å²) in [6.45, 7) is 10.7. The van der Waals surface area contributed by atoms with E-state index in [0.29, 0.717) is 0 Å². The van der Waals surface area contributed by atoms with Gasteiger partial charge in [0.05, 0.1) is 21.4 Å². The van der Waals surface area contributed by atoms with Gasteiger partial charge in [-0.2, -0.15) is 0 Å². The molecule has 0 aliphatic heterocycles. The standard InChI is InChI=1S/C16H25N5S2/c1-5-17-16(18-8-6-14-10-22-12(3)21-14)19-9-7-15-11(2)20-13(4)23-15/h10H,5-9H2,1-4H3,(H2,17,18,19). The molecule has 2 aromatic rings. The molecular weight excluding hydrogens is 326 g/mol. The summed E-state index contributed by atoms with van der Waals surface area (Å²) in [7, 11) is 0. The minimum absolute atomic E-state index is 0.771. The first kappa shape index (κ1) is 17.9. The van der Waals surface area contributed by atoms with Crippen molar-refractivity contribution in [3.8, 4) is 0 Å². The van der Waals surface area contributed by atoms with E-state index in [0.717, 1.165) is 59.8 Å². The van der Waals surface area contributed by atoms with Crippen molar-refractivity contribution in [1.29, 1.82) is 0 Å². The molecule has 0 radical (unpaired) electrons. The average molecular weight is 352 g/mol. The van der Waals surface area contributed by atoms with Crippen molar-refractivity contribution in [3.05, 3.63) is 31.7 Å². The van der Waals surface area contributed by atoms with Gasteiger partial charge in [-0.15, -0.1) is 22.7 Å². The lowest BCUT2D eigenvalue weighted by molar-refractivity contribution is 0.788. The van der Waals surface area contributed by atoms with Crippen LogP contribution in [0.3, 0.4) is 0 Å². The van der Waals surface area contributed by atoms with E-state index in [2.05, 4.69) is 51.7 Å². The normalized spacial score (nSPS) is 11.7. The fourth-order valence-electron chi connectivity index (χ4n) is 2.25. The Hall–Kier alpha value is -1.47. The fraction of sp³-hybridized carbons (Fsp3) is 0.562. The number of rotatable bonds is 7. The van der Waals surface area contributed by atoms with Gasteiger partial charge in [-0.1, -0.05) is 0 Å². The van der Waals surface area contributed by atoms with E-state index in [1.807, 2.05) is 6.92 Å². The fourth-order valence-corrected chi connectivity index (χ4v) is 3.82. The summed E-state index contributed by atoms with van der Waals surface area (Å²) in [4.78, 5) is 14.9. The van der Waals surface area contributed by atoms with Crippen molar-refractivity contribution in [2.75, 3.05) is 19.6 Å². The summed E-state index contributed by atoms with van der Waals surface area (Å²) >= 11 is 3.47. The molecular formula is C16H25N5S2. The van der Waals surface area contributed by atoms with Crippen molar-refractivity contribution in [1.82, 2.24) is 20.6 Å². The van der Waals surface area contributed by atoms with Crippen LogP contribution in [0.15, 0.2) is 10.4 Å². The zero-order chi connectivity index (χ0) is 16.7. The molecule has 0 atom stereocenters. The first-order valence-corrected chi connectivity index (χ1v) is 9.64. The molecule has 0 saturated carbocycles. The average Bonchev–Trinajstić information content (AvgIpc) is 3.04. The van der Waals surface area contributed by atoms with Gasteiger partial charge in [0.15, 0.2) is 5.96 Å². The summed E-state index contributed by atoms with van der Waals surface area (Å²) < 4.78 is 0. The largest absolute Gasteiger partial charge is 0.357 e. The third-order valence-corrected chi connectivity index (χ3v) is 5.25. The van der Waals surface area contributed by atoms with E-state index < -0.39 is 0 Å². The molecule has 0 aliphatic rings. The third-order valence-electron chi connectivity index (χ3n) is 3.29. The molecule has 2 rings (SSSR count). The number of aliphatic imine (C=N–C) groups is 1. The molecule has 0 spiro atoms. The monoisotopic (exact) mass is 351 g/mol. The summed E-state index contributed by atoms with van der Waals surface area (Å²) in [5.41, 5.74) is 2.28. The zero-order valence-corrected chi connectivity index (χ0v) is 15.9. The van der Waals surface area contributed by atoms with Gasteiger partial charge in [0.25, 0.3) is 0 Å². The second kappa shape index (κ2) is 8.98. The maximum atomic E-state index is 4.65. The predicted molar refractivity (Wildman–Crippen MR) is 99.8 cm³/mol. The van der Waals surface area contributed by atoms with Gasteiger partial charge in [-0.05, 0) is 27.7 Å². The smallest absolute Gasteiger partial charge is 0.191 e. The van der Waals surface area contributed by atoms with Gasteiger partial charge in [0.1, 0.15) is 0 Å². The molecule has 0 amide bonds. The number of thiazole rings is 2. The van der Waals surface area contributed by atoms with Gasteiger partial charge < -0.3 is 10.6 Å². The number of aryl methyl sites for hydroxylation is 3. The molecule has 126 valence electrons. The molecule has 0 bridgehead atoms. The SMILES string of the molecule is CCNC(=NCCc1sc(C)nc1C)NCCc1csc(C)n1. The minimum Gasteiger partial charge on any atom is -0.357 e. The maximum absolute atomic E-state index is 4.65. The Morgan fingerprint density at radius 3 is 2.57 bits per heavy atom. The number of guanidine groups is 1. The van der Waals surface area contributed by atoms with Gasteiger partial charge in [-0.3, -0.25) is 4.99 Å². The summed E-state index contributed by atoms with van der Waals surface area (Å²) in [5.74, 6) is 0.873. The molecule has 2 N–H and O–H groups in total. The Bertz CT molecular complexity index is 645. The van der Waals surface area contributed by atoms with Crippen LogP contribution in [0.25, 0.3) is 0 Å². The van der Waals surface area contributed by atoms with E-state index in [4.69, 9.17) is 0 Å². The molecule has 0 saturated heterocycles. The van der Waals surface area contributed by atoms with Gasteiger partial charge in [0, 0.05) is 42.7 Å². The lowest BCUT2D eigenvalue weighted by atomic mass is 10.3. The van der Waals surface area contributed by atoms with E-state index in [9.17, 15) is 0 Å². The van der Waals surface area contributed by atoms with Crippen LogP contribution < -0.4 is 10.6 Å². The van der Waals surface area contributed by atoms with E-state index in [1.54, 1.807) is 22.7 Å². The zero-order valence-electron chi connectivity index (χ0n) is 14.3. The molecule has 2 aromatic heterocycles. The van der Waals surface area contributed by atoms with Crippen molar-refractivity contribution in [2.24, 2.45) is 4.99 Å². The Morgan fingerprint density at radius 1 is 1.13 bits per heavy atom. The summed E-state index contributed by atoms with van der Waals surface area (Å²) in [5, 5.41) is 11.0. The lowest BCUT2D eigenvalue weighted by Crippen LogP contribution is -2.38. The van der Waals surface area contributed by atoms with Gasteiger partial charge in [-0.25, -0.2) is 9.97 Å². The number of nitrogens with one attached hydrogen (secondary N) is 2. The first-order valence-electron chi connectivity index (χ1n) is 7.94. The van der Waals surface area contributed by atoms with E-state index in [1.165, 1.54) is 4.88 Å². The molecule has 0 aromatic carbocycles. The highest BCUT2D eigenvalue weighted by atomic mass is 32.1. The number of hydrogen-bond acceptors (Lipinski definition) is 5. The summed E-state index contributed by atoms with van der Waals surface area (Å²) in [6.07, 6.45) is 1.86. The molecule has 2 heterocycles. The predicted octanol–water partition coefficient (Wildman–Crippen LogP) is 2.87. The molecule has 5 nitrogen and oxygen atoms in total. The minimum atomic E-state index is 0.771. The van der Waals surface area contributed by atoms with Crippen LogP contribution in [-0.2, 0) is 12.8 Å². The number of aromatic nitrogens is 2. The summed E-state index contributed by atoms with van der Waals surface area (Å²) in [6, 6.07) is 0. The van der Waals surface area contributed by atoms with E-state index in [-0.39, 0.29) is 0 Å². The topological polar surface area (TPSA) is 62.2 Å². The van der Waals surface area contributed by atoms with Crippen molar-refractivity contribution in [2.45, 2.75) is 40.5 Å². The highest BCUT2D eigenvalue weighted by Gasteiger charge is 2.05. The second-order valence-corrected chi connectivity index (χ2v) is 7.64. The van der Waals surface area contributed by atoms with Crippen LogP contribution in [0.5, 0.6) is 0 Å². The Labute approximate surface area is 146 Å².